The summed E-state index contributed by atoms with van der Waals surface area (Å²) in [6.45, 7) is 3.94. The van der Waals surface area contributed by atoms with Crippen LogP contribution in [0.25, 0.3) is 0 Å². The summed E-state index contributed by atoms with van der Waals surface area (Å²) in [6, 6.07) is 14.5. The number of hydrogen-bond donors (Lipinski definition) is 1. The Bertz CT molecular complexity index is 581. The standard InChI is InChI=1S/C18H23NO2/c1-14-6-4-5-7-16(14)10-11-19-13-15-8-9-17(20-2)18(12-15)21-3/h4-9,12,19H,10-11,13H2,1-3H3. The highest BCUT2D eigenvalue weighted by molar-refractivity contribution is 5.42. The monoisotopic (exact) mass is 285 g/mol. The number of benzene rings is 2. The van der Waals surface area contributed by atoms with Crippen molar-refractivity contribution < 1.29 is 9.47 Å². The van der Waals surface area contributed by atoms with E-state index in [0.29, 0.717) is 0 Å². The van der Waals surface area contributed by atoms with E-state index in [-0.39, 0.29) is 0 Å². The molecule has 0 aliphatic rings. The molecule has 0 atom stereocenters. The third-order valence-corrected chi connectivity index (χ3v) is 3.61. The van der Waals surface area contributed by atoms with Gasteiger partial charge in [0.25, 0.3) is 0 Å². The Morgan fingerprint density at radius 1 is 0.952 bits per heavy atom. The van der Waals surface area contributed by atoms with Gasteiger partial charge in [-0.1, -0.05) is 30.3 Å². The Balaban J connectivity index is 1.85. The molecule has 0 aliphatic heterocycles. The molecule has 3 nitrogen and oxygen atoms in total. The number of rotatable bonds is 7. The third-order valence-electron chi connectivity index (χ3n) is 3.61. The van der Waals surface area contributed by atoms with Gasteiger partial charge in [0.05, 0.1) is 14.2 Å². The number of aryl methyl sites for hydroxylation is 1. The molecule has 3 heteroatoms. The molecule has 0 fully saturated rings. The fourth-order valence-electron chi connectivity index (χ4n) is 2.34. The van der Waals surface area contributed by atoms with E-state index in [4.69, 9.17) is 9.47 Å². The van der Waals surface area contributed by atoms with Crippen LogP contribution in [0.2, 0.25) is 0 Å². The lowest BCUT2D eigenvalue weighted by atomic mass is 10.1. The molecular formula is C18H23NO2. The molecule has 0 saturated carbocycles. The Kier molecular flexibility index (Phi) is 5.64. The zero-order valence-corrected chi connectivity index (χ0v) is 13.0. The van der Waals surface area contributed by atoms with Gasteiger partial charge < -0.3 is 14.8 Å². The van der Waals surface area contributed by atoms with E-state index < -0.39 is 0 Å². The molecule has 0 unspecified atom stereocenters. The molecular weight excluding hydrogens is 262 g/mol. The SMILES string of the molecule is COc1ccc(CNCCc2ccccc2C)cc1OC. The topological polar surface area (TPSA) is 30.5 Å². The van der Waals surface area contributed by atoms with Gasteiger partial charge in [-0.15, -0.1) is 0 Å². The van der Waals surface area contributed by atoms with Gasteiger partial charge in [-0.3, -0.25) is 0 Å². The highest BCUT2D eigenvalue weighted by Gasteiger charge is 2.04. The predicted octanol–water partition coefficient (Wildman–Crippen LogP) is 3.34. The van der Waals surface area contributed by atoms with Crippen molar-refractivity contribution in [2.75, 3.05) is 20.8 Å². The minimum atomic E-state index is 0.765. The summed E-state index contributed by atoms with van der Waals surface area (Å²) >= 11 is 0. The van der Waals surface area contributed by atoms with Crippen LogP contribution in [0.3, 0.4) is 0 Å². The zero-order chi connectivity index (χ0) is 15.1. The van der Waals surface area contributed by atoms with Crippen molar-refractivity contribution in [2.24, 2.45) is 0 Å². The van der Waals surface area contributed by atoms with Crippen molar-refractivity contribution in [3.05, 3.63) is 59.2 Å². The van der Waals surface area contributed by atoms with Crippen LogP contribution >= 0.6 is 0 Å². The first kappa shape index (κ1) is 15.4. The number of methoxy groups -OCH3 is 2. The highest BCUT2D eigenvalue weighted by atomic mass is 16.5. The molecule has 0 spiro atoms. The van der Waals surface area contributed by atoms with Gasteiger partial charge in [-0.25, -0.2) is 0 Å². The summed E-state index contributed by atoms with van der Waals surface area (Å²) in [5, 5.41) is 3.47. The fourth-order valence-corrected chi connectivity index (χ4v) is 2.34. The maximum absolute atomic E-state index is 5.32. The first-order valence-corrected chi connectivity index (χ1v) is 7.20. The van der Waals surface area contributed by atoms with Crippen LogP contribution in [0.5, 0.6) is 11.5 Å². The minimum absolute atomic E-state index is 0.765. The van der Waals surface area contributed by atoms with Gasteiger partial charge in [0, 0.05) is 6.54 Å². The van der Waals surface area contributed by atoms with Gasteiger partial charge in [-0.2, -0.15) is 0 Å². The van der Waals surface area contributed by atoms with Crippen molar-refractivity contribution in [2.45, 2.75) is 19.9 Å². The van der Waals surface area contributed by atoms with E-state index in [9.17, 15) is 0 Å². The van der Waals surface area contributed by atoms with E-state index in [1.165, 1.54) is 16.7 Å². The normalized spacial score (nSPS) is 10.4. The number of ether oxygens (including phenoxy) is 2. The molecule has 0 amide bonds. The summed E-state index contributed by atoms with van der Waals surface area (Å²) < 4.78 is 10.6. The van der Waals surface area contributed by atoms with E-state index in [2.05, 4.69) is 42.6 Å². The molecule has 0 aliphatic carbocycles. The Morgan fingerprint density at radius 2 is 1.71 bits per heavy atom. The summed E-state index contributed by atoms with van der Waals surface area (Å²) in [5.41, 5.74) is 3.94. The van der Waals surface area contributed by atoms with Crippen LogP contribution in [0, 0.1) is 6.92 Å². The smallest absolute Gasteiger partial charge is 0.161 e. The summed E-state index contributed by atoms with van der Waals surface area (Å²) in [4.78, 5) is 0. The predicted molar refractivity (Wildman–Crippen MR) is 86.1 cm³/mol. The molecule has 0 aromatic heterocycles. The van der Waals surface area contributed by atoms with Gasteiger partial charge in [0.2, 0.25) is 0 Å². The molecule has 2 aromatic carbocycles. The lowest BCUT2D eigenvalue weighted by Crippen LogP contribution is -2.17. The van der Waals surface area contributed by atoms with Crippen LogP contribution in [0.15, 0.2) is 42.5 Å². The van der Waals surface area contributed by atoms with Crippen molar-refractivity contribution in [3.8, 4) is 11.5 Å². The van der Waals surface area contributed by atoms with Crippen molar-refractivity contribution in [3.63, 3.8) is 0 Å². The third kappa shape index (κ3) is 4.23. The molecule has 0 heterocycles. The summed E-state index contributed by atoms with van der Waals surface area (Å²) in [7, 11) is 3.31. The van der Waals surface area contributed by atoms with Crippen molar-refractivity contribution in [1.29, 1.82) is 0 Å². The Labute approximate surface area is 126 Å². The van der Waals surface area contributed by atoms with Crippen LogP contribution < -0.4 is 14.8 Å². The molecule has 0 saturated heterocycles. The van der Waals surface area contributed by atoms with Crippen molar-refractivity contribution >= 4 is 0 Å². The average molecular weight is 285 g/mol. The fraction of sp³-hybridized carbons (Fsp3) is 0.333. The van der Waals surface area contributed by atoms with Crippen LogP contribution in [0.4, 0.5) is 0 Å². The first-order valence-electron chi connectivity index (χ1n) is 7.20. The molecule has 21 heavy (non-hydrogen) atoms. The molecule has 0 radical (unpaired) electrons. The Morgan fingerprint density at radius 3 is 2.43 bits per heavy atom. The molecule has 2 rings (SSSR count). The maximum Gasteiger partial charge on any atom is 0.161 e. The first-order chi connectivity index (χ1) is 10.2. The highest BCUT2D eigenvalue weighted by Crippen LogP contribution is 2.27. The maximum atomic E-state index is 5.32. The Hall–Kier alpha value is -2.00. The van der Waals surface area contributed by atoms with E-state index in [1.807, 2.05) is 12.1 Å². The van der Waals surface area contributed by atoms with Crippen LogP contribution in [-0.4, -0.2) is 20.8 Å². The van der Waals surface area contributed by atoms with Crippen molar-refractivity contribution in [1.82, 2.24) is 5.32 Å². The number of hydrogen-bond acceptors (Lipinski definition) is 3. The van der Waals surface area contributed by atoms with Gasteiger partial charge in [0.15, 0.2) is 11.5 Å². The van der Waals surface area contributed by atoms with Crippen LogP contribution in [0.1, 0.15) is 16.7 Å². The van der Waals surface area contributed by atoms with E-state index in [1.54, 1.807) is 14.2 Å². The lowest BCUT2D eigenvalue weighted by molar-refractivity contribution is 0.354. The molecule has 0 bridgehead atoms. The molecule has 2 aromatic rings. The number of nitrogens with one attached hydrogen (secondary N) is 1. The zero-order valence-electron chi connectivity index (χ0n) is 13.0. The largest absolute Gasteiger partial charge is 0.493 e. The van der Waals surface area contributed by atoms with Crippen LogP contribution in [-0.2, 0) is 13.0 Å². The summed E-state index contributed by atoms with van der Waals surface area (Å²) in [6.07, 6.45) is 1.04. The van der Waals surface area contributed by atoms with E-state index >= 15 is 0 Å². The van der Waals surface area contributed by atoms with E-state index in [0.717, 1.165) is 31.0 Å². The van der Waals surface area contributed by atoms with Gasteiger partial charge in [0.1, 0.15) is 0 Å². The second kappa shape index (κ2) is 7.70. The quantitative estimate of drug-likeness (QED) is 0.791. The second-order valence-corrected chi connectivity index (χ2v) is 5.04. The average Bonchev–Trinajstić information content (AvgIpc) is 2.52. The summed E-state index contributed by atoms with van der Waals surface area (Å²) in [5.74, 6) is 1.54. The van der Waals surface area contributed by atoms with Gasteiger partial charge in [-0.05, 0) is 48.7 Å². The molecule has 112 valence electrons. The second-order valence-electron chi connectivity index (χ2n) is 5.04. The molecule has 1 N–H and O–H groups in total. The van der Waals surface area contributed by atoms with Gasteiger partial charge >= 0.3 is 0 Å². The minimum Gasteiger partial charge on any atom is -0.493 e. The lowest BCUT2D eigenvalue weighted by Gasteiger charge is -2.11.